The number of hydrogen-bond donors (Lipinski definition) is 0. The first-order chi connectivity index (χ1) is 7.81. The van der Waals surface area contributed by atoms with Crippen LogP contribution in [0.3, 0.4) is 0 Å². The molecule has 1 aliphatic rings. The Bertz CT molecular complexity index is 334. The number of hydrogen-bond acceptors (Lipinski definition) is 2. The smallest absolute Gasteiger partial charge is 0.0929 e. The molecule has 0 N–H and O–H groups in total. The molecule has 1 aliphatic heterocycles. The van der Waals surface area contributed by atoms with E-state index >= 15 is 0 Å². The molecule has 0 bridgehead atoms. The molecule has 0 aromatic heterocycles. The van der Waals surface area contributed by atoms with Crippen molar-refractivity contribution in [2.24, 2.45) is 0 Å². The highest BCUT2D eigenvalue weighted by Crippen LogP contribution is 2.26. The molecule has 2 nitrogen and oxygen atoms in total. The van der Waals surface area contributed by atoms with Crippen molar-refractivity contribution in [2.45, 2.75) is 25.6 Å². The lowest BCUT2D eigenvalue weighted by molar-refractivity contribution is -0.00492. The zero-order valence-electron chi connectivity index (χ0n) is 9.49. The van der Waals surface area contributed by atoms with Crippen molar-refractivity contribution in [1.29, 1.82) is 0 Å². The highest BCUT2D eigenvalue weighted by Gasteiger charge is 2.22. The van der Waals surface area contributed by atoms with Crippen LogP contribution in [0, 0.1) is 6.92 Å². The predicted molar refractivity (Wildman–Crippen MR) is 68.0 cm³/mol. The van der Waals surface area contributed by atoms with Crippen molar-refractivity contribution < 1.29 is 9.47 Å². The van der Waals surface area contributed by atoms with Gasteiger partial charge in [-0.05, 0) is 24.5 Å². The van der Waals surface area contributed by atoms with Gasteiger partial charge in [0.15, 0.2) is 0 Å². The Balaban J connectivity index is 2.06. The molecule has 88 valence electrons. The minimum Gasteiger partial charge on any atom is -0.379 e. The van der Waals surface area contributed by atoms with Crippen LogP contribution in [0.2, 0.25) is 0 Å². The van der Waals surface area contributed by atoms with Gasteiger partial charge in [-0.15, -0.1) is 0 Å². The zero-order valence-corrected chi connectivity index (χ0v) is 11.1. The molecule has 0 amide bonds. The lowest BCUT2D eigenvalue weighted by atomic mass is 10.0. The molecule has 2 rings (SSSR count). The summed E-state index contributed by atoms with van der Waals surface area (Å²) in [5.74, 6) is 0. The first-order valence-electron chi connectivity index (χ1n) is 5.66. The van der Waals surface area contributed by atoms with Gasteiger partial charge in [0.2, 0.25) is 0 Å². The molecule has 0 radical (unpaired) electrons. The van der Waals surface area contributed by atoms with Crippen LogP contribution >= 0.6 is 15.9 Å². The van der Waals surface area contributed by atoms with Gasteiger partial charge in [-0.2, -0.15) is 0 Å². The molecule has 1 fully saturated rings. The highest BCUT2D eigenvalue weighted by molar-refractivity contribution is 9.09. The van der Waals surface area contributed by atoms with Crippen LogP contribution in [0.4, 0.5) is 0 Å². The van der Waals surface area contributed by atoms with Crippen LogP contribution in [-0.2, 0) is 9.47 Å². The van der Waals surface area contributed by atoms with E-state index in [9.17, 15) is 0 Å². The summed E-state index contributed by atoms with van der Waals surface area (Å²) in [4.78, 5) is 0. The average molecular weight is 285 g/mol. The second-order valence-electron chi connectivity index (χ2n) is 4.12. The van der Waals surface area contributed by atoms with Gasteiger partial charge in [-0.3, -0.25) is 0 Å². The van der Waals surface area contributed by atoms with Crippen molar-refractivity contribution in [3.63, 3.8) is 0 Å². The maximum absolute atomic E-state index is 6.06. The summed E-state index contributed by atoms with van der Waals surface area (Å²) in [6.45, 7) is 3.68. The molecule has 2 atom stereocenters. The van der Waals surface area contributed by atoms with Crippen LogP contribution in [0.25, 0.3) is 0 Å². The largest absolute Gasteiger partial charge is 0.379 e. The third kappa shape index (κ3) is 2.84. The zero-order chi connectivity index (χ0) is 11.4. The summed E-state index contributed by atoms with van der Waals surface area (Å²) in [6.07, 6.45) is 1.39. The second kappa shape index (κ2) is 5.80. The maximum Gasteiger partial charge on any atom is 0.0929 e. The van der Waals surface area contributed by atoms with E-state index in [1.807, 2.05) is 0 Å². The van der Waals surface area contributed by atoms with E-state index < -0.39 is 0 Å². The lowest BCUT2D eigenvalue weighted by Crippen LogP contribution is -2.18. The minimum absolute atomic E-state index is 0.132. The quantitative estimate of drug-likeness (QED) is 0.791. The lowest BCUT2D eigenvalue weighted by Gasteiger charge is -2.21. The Morgan fingerprint density at radius 2 is 2.31 bits per heavy atom. The normalized spacial score (nSPS) is 22.2. The summed E-state index contributed by atoms with van der Waals surface area (Å²) in [7, 11) is 0. The topological polar surface area (TPSA) is 18.5 Å². The van der Waals surface area contributed by atoms with Crippen molar-refractivity contribution in [3.05, 3.63) is 35.4 Å². The third-order valence-electron chi connectivity index (χ3n) is 2.92. The van der Waals surface area contributed by atoms with Crippen LogP contribution in [-0.4, -0.2) is 24.6 Å². The van der Waals surface area contributed by atoms with Gasteiger partial charge in [0.1, 0.15) is 0 Å². The number of alkyl halides is 1. The molecule has 1 saturated heterocycles. The molecule has 1 heterocycles. The fourth-order valence-corrected chi connectivity index (χ4v) is 2.49. The third-order valence-corrected chi connectivity index (χ3v) is 3.51. The molecule has 0 aliphatic carbocycles. The Morgan fingerprint density at radius 3 is 2.94 bits per heavy atom. The average Bonchev–Trinajstić information content (AvgIpc) is 2.80. The van der Waals surface area contributed by atoms with E-state index in [0.717, 1.165) is 25.0 Å². The Kier molecular flexibility index (Phi) is 4.38. The molecule has 1 aromatic rings. The first kappa shape index (κ1) is 12.1. The van der Waals surface area contributed by atoms with Crippen LogP contribution in [0.5, 0.6) is 0 Å². The van der Waals surface area contributed by atoms with Gasteiger partial charge in [-0.1, -0.05) is 40.2 Å². The molecular formula is C13H17BrO2. The Morgan fingerprint density at radius 1 is 1.50 bits per heavy atom. The van der Waals surface area contributed by atoms with Crippen LogP contribution in [0.15, 0.2) is 24.3 Å². The van der Waals surface area contributed by atoms with Crippen LogP contribution in [0.1, 0.15) is 23.7 Å². The summed E-state index contributed by atoms with van der Waals surface area (Å²) in [5, 5.41) is 0.828. The predicted octanol–water partition coefficient (Wildman–Crippen LogP) is 3.24. The van der Waals surface area contributed by atoms with Gasteiger partial charge in [0, 0.05) is 11.9 Å². The fraction of sp³-hybridized carbons (Fsp3) is 0.538. The molecule has 0 spiro atoms. The Labute approximate surface area is 105 Å². The summed E-state index contributed by atoms with van der Waals surface area (Å²) in [5.41, 5.74) is 2.55. The molecular weight excluding hydrogens is 268 g/mol. The number of benzene rings is 1. The van der Waals surface area contributed by atoms with Gasteiger partial charge in [0.05, 0.1) is 18.8 Å². The second-order valence-corrected chi connectivity index (χ2v) is 4.77. The summed E-state index contributed by atoms with van der Waals surface area (Å²) >= 11 is 3.53. The number of ether oxygens (including phenoxy) is 2. The standard InChI is InChI=1S/C13H17BrO2/c1-10-4-2-3-5-12(10)13(8-14)16-11-6-7-15-9-11/h2-5,11,13H,6-9H2,1H3. The van der Waals surface area contributed by atoms with E-state index in [4.69, 9.17) is 9.47 Å². The molecule has 3 heteroatoms. The number of aryl methyl sites for hydroxylation is 1. The maximum atomic E-state index is 6.06. The first-order valence-corrected chi connectivity index (χ1v) is 6.78. The highest BCUT2D eigenvalue weighted by atomic mass is 79.9. The van der Waals surface area contributed by atoms with Gasteiger partial charge < -0.3 is 9.47 Å². The fourth-order valence-electron chi connectivity index (χ4n) is 1.99. The van der Waals surface area contributed by atoms with Gasteiger partial charge in [-0.25, -0.2) is 0 Å². The van der Waals surface area contributed by atoms with Crippen molar-refractivity contribution in [1.82, 2.24) is 0 Å². The summed E-state index contributed by atoms with van der Waals surface area (Å²) in [6, 6.07) is 8.38. The minimum atomic E-state index is 0.132. The van der Waals surface area contributed by atoms with Gasteiger partial charge in [0.25, 0.3) is 0 Å². The molecule has 16 heavy (non-hydrogen) atoms. The molecule has 1 aromatic carbocycles. The van der Waals surface area contributed by atoms with Crippen molar-refractivity contribution in [3.8, 4) is 0 Å². The van der Waals surface area contributed by atoms with E-state index in [-0.39, 0.29) is 12.2 Å². The van der Waals surface area contributed by atoms with E-state index in [1.165, 1.54) is 11.1 Å². The van der Waals surface area contributed by atoms with Crippen LogP contribution < -0.4 is 0 Å². The number of halogens is 1. The Hall–Kier alpha value is -0.380. The molecule has 0 saturated carbocycles. The monoisotopic (exact) mass is 284 g/mol. The number of rotatable bonds is 4. The van der Waals surface area contributed by atoms with Crippen molar-refractivity contribution >= 4 is 15.9 Å². The van der Waals surface area contributed by atoms with Gasteiger partial charge >= 0.3 is 0 Å². The summed E-state index contributed by atoms with van der Waals surface area (Å²) < 4.78 is 11.4. The van der Waals surface area contributed by atoms with E-state index in [2.05, 4.69) is 47.1 Å². The SMILES string of the molecule is Cc1ccccc1C(CBr)OC1CCOC1. The van der Waals surface area contributed by atoms with Crippen molar-refractivity contribution in [2.75, 3.05) is 18.5 Å². The van der Waals surface area contributed by atoms with E-state index in [0.29, 0.717) is 0 Å². The molecule has 2 unspecified atom stereocenters. The van der Waals surface area contributed by atoms with E-state index in [1.54, 1.807) is 0 Å².